The first-order chi connectivity index (χ1) is 9.66. The molecule has 3 rings (SSSR count). The maximum atomic E-state index is 12.8. The van der Waals surface area contributed by atoms with E-state index in [0.717, 1.165) is 32.5 Å². The molecule has 2 aliphatic rings. The quantitative estimate of drug-likeness (QED) is 0.841. The molecular formula is C17H24N2O. The minimum atomic E-state index is 0.0845. The van der Waals surface area contributed by atoms with Crippen molar-refractivity contribution in [3.8, 4) is 0 Å². The summed E-state index contributed by atoms with van der Waals surface area (Å²) in [6.07, 6.45) is 2.19. The SMILES string of the molecule is CN1CCCN(C)C(C(=O)C2CC2c2ccccc2)C1. The van der Waals surface area contributed by atoms with Crippen molar-refractivity contribution in [2.75, 3.05) is 33.7 Å². The van der Waals surface area contributed by atoms with Crippen LogP contribution in [0.1, 0.15) is 24.3 Å². The van der Waals surface area contributed by atoms with Gasteiger partial charge >= 0.3 is 0 Å². The standard InChI is InChI=1S/C17H24N2O/c1-18-9-6-10-19(2)16(12-18)17(20)15-11-14(15)13-7-4-3-5-8-13/h3-5,7-8,14-16H,6,9-12H2,1-2H3. The smallest absolute Gasteiger partial charge is 0.154 e. The molecule has 3 atom stereocenters. The molecule has 3 heteroatoms. The van der Waals surface area contributed by atoms with Crippen molar-refractivity contribution in [2.45, 2.75) is 24.8 Å². The van der Waals surface area contributed by atoms with E-state index >= 15 is 0 Å². The first-order valence-corrected chi connectivity index (χ1v) is 7.64. The molecule has 1 aliphatic heterocycles. The molecule has 0 spiro atoms. The predicted molar refractivity (Wildman–Crippen MR) is 80.8 cm³/mol. The third kappa shape index (κ3) is 2.79. The highest BCUT2D eigenvalue weighted by Gasteiger charge is 2.47. The Kier molecular flexibility index (Phi) is 3.90. The molecule has 0 amide bonds. The minimum Gasteiger partial charge on any atom is -0.304 e. The Bertz CT molecular complexity index is 473. The fourth-order valence-corrected chi connectivity index (χ4v) is 3.40. The van der Waals surface area contributed by atoms with Gasteiger partial charge in [-0.3, -0.25) is 9.69 Å². The Labute approximate surface area is 121 Å². The van der Waals surface area contributed by atoms with Crippen LogP contribution in [-0.2, 0) is 4.79 Å². The highest BCUT2D eigenvalue weighted by Crippen LogP contribution is 2.48. The molecule has 108 valence electrons. The number of hydrogen-bond acceptors (Lipinski definition) is 3. The van der Waals surface area contributed by atoms with Gasteiger partial charge in [0, 0.05) is 12.5 Å². The lowest BCUT2D eigenvalue weighted by atomic mass is 10.0. The van der Waals surface area contributed by atoms with Crippen LogP contribution < -0.4 is 0 Å². The van der Waals surface area contributed by atoms with Crippen LogP contribution in [0.15, 0.2) is 30.3 Å². The Hall–Kier alpha value is -1.19. The fourth-order valence-electron chi connectivity index (χ4n) is 3.40. The summed E-state index contributed by atoms with van der Waals surface area (Å²) in [4.78, 5) is 17.3. The summed E-state index contributed by atoms with van der Waals surface area (Å²) in [5.74, 6) is 1.16. The summed E-state index contributed by atoms with van der Waals surface area (Å²) in [6.45, 7) is 3.01. The molecule has 0 bridgehead atoms. The second kappa shape index (κ2) is 5.66. The lowest BCUT2D eigenvalue weighted by molar-refractivity contribution is -0.125. The highest BCUT2D eigenvalue weighted by atomic mass is 16.1. The number of benzene rings is 1. The summed E-state index contributed by atoms with van der Waals surface area (Å²) in [5.41, 5.74) is 1.33. The molecule has 2 fully saturated rings. The van der Waals surface area contributed by atoms with E-state index in [0.29, 0.717) is 11.7 Å². The second-order valence-corrected chi connectivity index (χ2v) is 6.37. The van der Waals surface area contributed by atoms with Crippen LogP contribution in [0.4, 0.5) is 0 Å². The maximum absolute atomic E-state index is 12.8. The molecule has 0 N–H and O–H groups in total. The molecular weight excluding hydrogens is 248 g/mol. The van der Waals surface area contributed by atoms with E-state index in [1.165, 1.54) is 5.56 Å². The van der Waals surface area contributed by atoms with Gasteiger partial charge in [-0.15, -0.1) is 0 Å². The average molecular weight is 272 g/mol. The topological polar surface area (TPSA) is 23.6 Å². The molecule has 0 aromatic heterocycles. The average Bonchev–Trinajstić information content (AvgIpc) is 3.25. The number of hydrogen-bond donors (Lipinski definition) is 0. The van der Waals surface area contributed by atoms with Gasteiger partial charge in [0.15, 0.2) is 5.78 Å². The molecule has 1 aliphatic carbocycles. The zero-order valence-corrected chi connectivity index (χ0v) is 12.5. The van der Waals surface area contributed by atoms with Gasteiger partial charge in [-0.25, -0.2) is 0 Å². The number of likely N-dealkylation sites (N-methyl/N-ethyl adjacent to an activating group) is 2. The number of carbonyl (C=O) groups excluding carboxylic acids is 1. The number of carbonyl (C=O) groups is 1. The summed E-state index contributed by atoms with van der Waals surface area (Å²) >= 11 is 0. The molecule has 3 nitrogen and oxygen atoms in total. The van der Waals surface area contributed by atoms with Gasteiger partial charge < -0.3 is 4.90 Å². The van der Waals surface area contributed by atoms with Crippen LogP contribution >= 0.6 is 0 Å². The van der Waals surface area contributed by atoms with E-state index < -0.39 is 0 Å². The lowest BCUT2D eigenvalue weighted by Crippen LogP contribution is -2.44. The van der Waals surface area contributed by atoms with Crippen LogP contribution in [0.2, 0.25) is 0 Å². The van der Waals surface area contributed by atoms with Gasteiger partial charge in [0.25, 0.3) is 0 Å². The van der Waals surface area contributed by atoms with Crippen LogP contribution in [0.3, 0.4) is 0 Å². The zero-order valence-electron chi connectivity index (χ0n) is 12.5. The number of rotatable bonds is 3. The Morgan fingerprint density at radius 1 is 1.15 bits per heavy atom. The van der Waals surface area contributed by atoms with Crippen molar-refractivity contribution >= 4 is 5.78 Å². The van der Waals surface area contributed by atoms with Gasteiger partial charge in [-0.1, -0.05) is 30.3 Å². The van der Waals surface area contributed by atoms with Crippen molar-refractivity contribution in [2.24, 2.45) is 5.92 Å². The van der Waals surface area contributed by atoms with E-state index in [2.05, 4.69) is 48.2 Å². The third-order valence-electron chi connectivity index (χ3n) is 4.78. The molecule has 0 radical (unpaired) electrons. The first kappa shape index (κ1) is 13.8. The van der Waals surface area contributed by atoms with E-state index in [4.69, 9.17) is 0 Å². The normalized spacial score (nSPS) is 31.8. The fraction of sp³-hybridized carbons (Fsp3) is 0.588. The van der Waals surface area contributed by atoms with E-state index in [1.807, 2.05) is 6.07 Å². The minimum absolute atomic E-state index is 0.0845. The third-order valence-corrected chi connectivity index (χ3v) is 4.78. The number of ketones is 1. The molecule has 3 unspecified atom stereocenters. The molecule has 1 heterocycles. The zero-order chi connectivity index (χ0) is 14.1. The van der Waals surface area contributed by atoms with Gasteiger partial charge in [-0.2, -0.15) is 0 Å². The van der Waals surface area contributed by atoms with Crippen LogP contribution in [0, 0.1) is 5.92 Å². The van der Waals surface area contributed by atoms with Crippen molar-refractivity contribution in [1.29, 1.82) is 0 Å². The van der Waals surface area contributed by atoms with Crippen LogP contribution in [-0.4, -0.2) is 55.4 Å². The maximum Gasteiger partial charge on any atom is 0.154 e. The van der Waals surface area contributed by atoms with Gasteiger partial charge in [0.2, 0.25) is 0 Å². The summed E-state index contributed by atoms with van der Waals surface area (Å²) in [5, 5.41) is 0. The molecule has 1 aromatic rings. The Morgan fingerprint density at radius 3 is 2.65 bits per heavy atom. The van der Waals surface area contributed by atoms with Crippen LogP contribution in [0.5, 0.6) is 0 Å². The second-order valence-electron chi connectivity index (χ2n) is 6.37. The summed E-state index contributed by atoms with van der Waals surface area (Å²) in [6, 6.07) is 10.6. The molecule has 1 aromatic carbocycles. The lowest BCUT2D eigenvalue weighted by Gasteiger charge is -2.26. The Morgan fingerprint density at radius 2 is 1.90 bits per heavy atom. The van der Waals surface area contributed by atoms with E-state index in [-0.39, 0.29) is 12.0 Å². The van der Waals surface area contributed by atoms with Crippen molar-refractivity contribution in [3.05, 3.63) is 35.9 Å². The molecule has 1 saturated carbocycles. The monoisotopic (exact) mass is 272 g/mol. The van der Waals surface area contributed by atoms with Crippen molar-refractivity contribution < 1.29 is 4.79 Å². The van der Waals surface area contributed by atoms with Gasteiger partial charge in [-0.05, 0) is 51.5 Å². The summed E-state index contributed by atoms with van der Waals surface area (Å²) < 4.78 is 0. The van der Waals surface area contributed by atoms with Crippen LogP contribution in [0.25, 0.3) is 0 Å². The molecule has 20 heavy (non-hydrogen) atoms. The highest BCUT2D eigenvalue weighted by molar-refractivity contribution is 5.90. The number of Topliss-reactive ketones (excluding diaryl/α,β-unsaturated/α-hetero) is 1. The number of nitrogens with zero attached hydrogens (tertiary/aromatic N) is 2. The van der Waals surface area contributed by atoms with E-state index in [9.17, 15) is 4.79 Å². The Balaban J connectivity index is 1.67. The predicted octanol–water partition coefficient (Wildman–Crippen LogP) is 2.00. The van der Waals surface area contributed by atoms with E-state index in [1.54, 1.807) is 0 Å². The molecule has 1 saturated heterocycles. The first-order valence-electron chi connectivity index (χ1n) is 7.64. The summed E-state index contributed by atoms with van der Waals surface area (Å²) in [7, 11) is 4.22. The van der Waals surface area contributed by atoms with Crippen molar-refractivity contribution in [3.63, 3.8) is 0 Å². The van der Waals surface area contributed by atoms with Gasteiger partial charge in [0.05, 0.1) is 6.04 Å². The largest absolute Gasteiger partial charge is 0.304 e. The van der Waals surface area contributed by atoms with Crippen molar-refractivity contribution in [1.82, 2.24) is 9.80 Å². The van der Waals surface area contributed by atoms with Gasteiger partial charge in [0.1, 0.15) is 0 Å².